The second-order valence-electron chi connectivity index (χ2n) is 7.17. The first-order chi connectivity index (χ1) is 11.8. The smallest absolute Gasteiger partial charge is 0.325 e. The Hall–Kier alpha value is -2.37. The van der Waals surface area contributed by atoms with Gasteiger partial charge in [0.2, 0.25) is 5.91 Å². The number of hydrogen-bond acceptors (Lipinski definition) is 3. The first kappa shape index (κ1) is 17.5. The Morgan fingerprint density at radius 2 is 1.80 bits per heavy atom. The van der Waals surface area contributed by atoms with Crippen molar-refractivity contribution in [3.05, 3.63) is 29.3 Å². The van der Waals surface area contributed by atoms with Crippen LogP contribution in [0.5, 0.6) is 0 Å². The summed E-state index contributed by atoms with van der Waals surface area (Å²) in [5.41, 5.74) is 2.15. The summed E-state index contributed by atoms with van der Waals surface area (Å²) in [4.78, 5) is 40.4. The number of likely N-dealkylation sites (N-methyl/N-ethyl adjacent to an activating group) is 1. The molecule has 0 atom stereocenters. The predicted octanol–water partition coefficient (Wildman–Crippen LogP) is 2.84. The summed E-state index contributed by atoms with van der Waals surface area (Å²) in [6, 6.07) is 5.27. The van der Waals surface area contributed by atoms with E-state index in [-0.39, 0.29) is 24.4 Å². The lowest BCUT2D eigenvalue weighted by molar-refractivity contribution is -0.136. The van der Waals surface area contributed by atoms with Gasteiger partial charge in [-0.15, -0.1) is 0 Å². The number of amides is 4. The van der Waals surface area contributed by atoms with Gasteiger partial charge < -0.3 is 10.2 Å². The molecule has 0 aromatic heterocycles. The van der Waals surface area contributed by atoms with Crippen LogP contribution in [0.25, 0.3) is 0 Å². The third-order valence-electron chi connectivity index (χ3n) is 5.58. The second-order valence-corrected chi connectivity index (χ2v) is 7.17. The van der Waals surface area contributed by atoms with Crippen LogP contribution in [0.1, 0.15) is 43.2 Å². The summed E-state index contributed by atoms with van der Waals surface area (Å²) >= 11 is 0. The Morgan fingerprint density at radius 3 is 2.44 bits per heavy atom. The Morgan fingerprint density at radius 1 is 1.12 bits per heavy atom. The van der Waals surface area contributed by atoms with Gasteiger partial charge in [-0.25, -0.2) is 4.79 Å². The Balaban J connectivity index is 1.71. The first-order valence-electron chi connectivity index (χ1n) is 8.82. The zero-order chi connectivity index (χ0) is 18.2. The molecule has 1 saturated heterocycles. The van der Waals surface area contributed by atoms with Crippen molar-refractivity contribution in [3.8, 4) is 0 Å². The molecule has 1 spiro atoms. The molecule has 1 aliphatic carbocycles. The predicted molar refractivity (Wildman–Crippen MR) is 95.2 cm³/mol. The summed E-state index contributed by atoms with van der Waals surface area (Å²) in [5.74, 6) is -0.582. The molecule has 2 aliphatic rings. The van der Waals surface area contributed by atoms with E-state index in [4.69, 9.17) is 0 Å². The average Bonchev–Trinajstić information content (AvgIpc) is 2.75. The minimum atomic E-state index is -0.740. The Labute approximate surface area is 148 Å². The van der Waals surface area contributed by atoms with Crippen molar-refractivity contribution < 1.29 is 14.4 Å². The maximum absolute atomic E-state index is 12.9. The molecule has 25 heavy (non-hydrogen) atoms. The molecule has 1 aromatic carbocycles. The molecular formula is C19H25N3O3. The normalized spacial score (nSPS) is 19.6. The van der Waals surface area contributed by atoms with Crippen LogP contribution in [-0.2, 0) is 9.59 Å². The molecule has 1 aromatic rings. The van der Waals surface area contributed by atoms with E-state index >= 15 is 0 Å². The summed E-state index contributed by atoms with van der Waals surface area (Å²) in [6.45, 7) is 3.74. The molecule has 1 saturated carbocycles. The number of carbonyl (C=O) groups excluding carboxylic acids is 3. The number of urea groups is 1. The molecule has 2 fully saturated rings. The van der Waals surface area contributed by atoms with Gasteiger partial charge in [0.25, 0.3) is 5.91 Å². The quantitative estimate of drug-likeness (QED) is 0.858. The Kier molecular flexibility index (Phi) is 4.54. The van der Waals surface area contributed by atoms with Crippen molar-refractivity contribution in [2.24, 2.45) is 0 Å². The van der Waals surface area contributed by atoms with Crippen molar-refractivity contribution >= 4 is 23.5 Å². The molecular weight excluding hydrogens is 318 g/mol. The van der Waals surface area contributed by atoms with Gasteiger partial charge in [-0.05, 0) is 49.9 Å². The van der Waals surface area contributed by atoms with Crippen LogP contribution in [0.2, 0.25) is 0 Å². The number of aryl methyl sites for hydroxylation is 2. The van der Waals surface area contributed by atoms with Crippen molar-refractivity contribution in [1.29, 1.82) is 0 Å². The Bertz CT molecular complexity index is 723. The number of benzene rings is 1. The molecule has 1 aliphatic heterocycles. The second kappa shape index (κ2) is 6.50. The van der Waals surface area contributed by atoms with Crippen LogP contribution < -0.4 is 5.32 Å². The van der Waals surface area contributed by atoms with Gasteiger partial charge >= 0.3 is 6.03 Å². The number of nitrogens with zero attached hydrogens (tertiary/aromatic N) is 2. The van der Waals surface area contributed by atoms with E-state index in [9.17, 15) is 14.4 Å². The van der Waals surface area contributed by atoms with E-state index in [0.29, 0.717) is 18.5 Å². The van der Waals surface area contributed by atoms with Crippen LogP contribution in [0, 0.1) is 13.8 Å². The molecule has 0 unspecified atom stereocenters. The summed E-state index contributed by atoms with van der Waals surface area (Å²) in [6.07, 6.45) is 4.33. The highest BCUT2D eigenvalue weighted by atomic mass is 16.2. The van der Waals surface area contributed by atoms with E-state index in [1.54, 1.807) is 7.05 Å². The van der Waals surface area contributed by atoms with E-state index in [0.717, 1.165) is 35.3 Å². The summed E-state index contributed by atoms with van der Waals surface area (Å²) < 4.78 is 0. The number of nitrogens with one attached hydrogen (secondary N) is 1. The minimum Gasteiger partial charge on any atom is -0.325 e. The van der Waals surface area contributed by atoms with Gasteiger partial charge in [0.05, 0.1) is 0 Å². The van der Waals surface area contributed by atoms with E-state index in [1.165, 1.54) is 4.90 Å². The lowest BCUT2D eigenvalue weighted by Gasteiger charge is -2.35. The SMILES string of the molecule is Cc1ccc(NC(=O)CN2C(=O)N(C)C3(CCCCC3)C2=O)cc1C. The van der Waals surface area contributed by atoms with Gasteiger partial charge in [0.1, 0.15) is 12.1 Å². The number of imide groups is 1. The number of carbonyl (C=O) groups is 3. The molecule has 1 N–H and O–H groups in total. The van der Waals surface area contributed by atoms with Gasteiger partial charge in [0, 0.05) is 12.7 Å². The highest BCUT2D eigenvalue weighted by molar-refractivity contribution is 6.10. The van der Waals surface area contributed by atoms with Crippen molar-refractivity contribution in [3.63, 3.8) is 0 Å². The van der Waals surface area contributed by atoms with Crippen LogP contribution in [0.3, 0.4) is 0 Å². The largest absolute Gasteiger partial charge is 0.327 e. The fraction of sp³-hybridized carbons (Fsp3) is 0.526. The number of rotatable bonds is 3. The zero-order valence-electron chi connectivity index (χ0n) is 15.1. The molecule has 1 heterocycles. The molecule has 6 heteroatoms. The molecule has 4 amide bonds. The summed E-state index contributed by atoms with van der Waals surface area (Å²) in [7, 11) is 1.67. The van der Waals surface area contributed by atoms with E-state index in [2.05, 4.69) is 5.32 Å². The number of hydrogen-bond donors (Lipinski definition) is 1. The average molecular weight is 343 g/mol. The van der Waals surface area contributed by atoms with Crippen molar-refractivity contribution in [2.45, 2.75) is 51.5 Å². The van der Waals surface area contributed by atoms with Gasteiger partial charge in [0.15, 0.2) is 0 Å². The number of anilines is 1. The van der Waals surface area contributed by atoms with Gasteiger partial charge in [-0.2, -0.15) is 0 Å². The standard InChI is InChI=1S/C19H25N3O3/c1-13-7-8-15(11-14(13)2)20-16(23)12-22-17(24)19(21(3)18(22)25)9-5-4-6-10-19/h7-8,11H,4-6,9-10,12H2,1-3H3,(H,20,23). The van der Waals surface area contributed by atoms with Crippen molar-refractivity contribution in [2.75, 3.05) is 18.9 Å². The van der Waals surface area contributed by atoms with Crippen LogP contribution in [0.4, 0.5) is 10.5 Å². The van der Waals surface area contributed by atoms with E-state index < -0.39 is 5.54 Å². The van der Waals surface area contributed by atoms with Gasteiger partial charge in [-0.3, -0.25) is 14.5 Å². The third kappa shape index (κ3) is 3.01. The maximum atomic E-state index is 12.9. The molecule has 6 nitrogen and oxygen atoms in total. The highest BCUT2D eigenvalue weighted by Gasteiger charge is 2.55. The summed E-state index contributed by atoms with van der Waals surface area (Å²) in [5, 5.41) is 2.78. The topological polar surface area (TPSA) is 69.7 Å². The van der Waals surface area contributed by atoms with E-state index in [1.807, 2.05) is 32.0 Å². The molecule has 134 valence electrons. The molecule has 0 bridgehead atoms. The van der Waals surface area contributed by atoms with Crippen LogP contribution >= 0.6 is 0 Å². The molecule has 3 rings (SSSR count). The maximum Gasteiger partial charge on any atom is 0.327 e. The minimum absolute atomic E-state index is 0.227. The fourth-order valence-corrected chi connectivity index (χ4v) is 3.83. The zero-order valence-corrected chi connectivity index (χ0v) is 15.1. The third-order valence-corrected chi connectivity index (χ3v) is 5.58. The van der Waals surface area contributed by atoms with Crippen molar-refractivity contribution in [1.82, 2.24) is 9.80 Å². The lowest BCUT2D eigenvalue weighted by Crippen LogP contribution is -2.49. The van der Waals surface area contributed by atoms with Gasteiger partial charge in [-0.1, -0.05) is 25.3 Å². The van der Waals surface area contributed by atoms with Crippen LogP contribution in [-0.4, -0.2) is 46.8 Å². The van der Waals surface area contributed by atoms with Crippen LogP contribution in [0.15, 0.2) is 18.2 Å². The lowest BCUT2D eigenvalue weighted by atomic mass is 9.81. The molecule has 0 radical (unpaired) electrons. The first-order valence-corrected chi connectivity index (χ1v) is 8.82. The fourth-order valence-electron chi connectivity index (χ4n) is 3.83. The monoisotopic (exact) mass is 343 g/mol. The highest BCUT2D eigenvalue weighted by Crippen LogP contribution is 2.39.